The third-order valence-electron chi connectivity index (χ3n) is 3.40. The summed E-state index contributed by atoms with van der Waals surface area (Å²) in [6, 6.07) is 5.64. The van der Waals surface area contributed by atoms with Crippen LogP contribution in [0, 0.1) is 13.8 Å². The molecule has 2 aromatic rings. The van der Waals surface area contributed by atoms with Crippen LogP contribution in [0.15, 0.2) is 40.0 Å². The number of aliphatic hydroxyl groups is 1. The number of rotatable bonds is 4. The number of hydrogen-bond donors (Lipinski definition) is 3. The molecule has 0 bridgehead atoms. The summed E-state index contributed by atoms with van der Waals surface area (Å²) in [6.07, 6.45) is 1.14. The van der Waals surface area contributed by atoms with Gasteiger partial charge in [0.25, 0.3) is 10.0 Å². The Morgan fingerprint density at radius 2 is 1.88 bits per heavy atom. The Bertz CT molecular complexity index is 863. The minimum atomic E-state index is -4.18. The maximum atomic E-state index is 12.2. The first-order valence-corrected chi connectivity index (χ1v) is 8.70. The number of carbonyl (C=O) groups excluding carboxylic acids is 1. The van der Waals surface area contributed by atoms with Crippen molar-refractivity contribution >= 4 is 21.7 Å². The summed E-state index contributed by atoms with van der Waals surface area (Å²) in [7, 11) is -4.18. The summed E-state index contributed by atoms with van der Waals surface area (Å²) in [5, 5.41) is 11.9. The number of nitrogens with one attached hydrogen (secondary N) is 2. The molecule has 0 saturated carbocycles. The van der Waals surface area contributed by atoms with Crippen LogP contribution in [0.3, 0.4) is 0 Å². The van der Waals surface area contributed by atoms with E-state index in [0.29, 0.717) is 5.69 Å². The van der Waals surface area contributed by atoms with Gasteiger partial charge in [-0.2, -0.15) is 8.42 Å². The first kappa shape index (κ1) is 18.0. The number of anilines is 1. The predicted octanol–water partition coefficient (Wildman–Crippen LogP) is 2.63. The Hall–Kier alpha value is -2.32. The van der Waals surface area contributed by atoms with Gasteiger partial charge in [0, 0.05) is 17.3 Å². The quantitative estimate of drug-likeness (QED) is 0.784. The van der Waals surface area contributed by atoms with Crippen LogP contribution in [0.2, 0.25) is 0 Å². The normalized spacial score (nSPS) is 12.0. The van der Waals surface area contributed by atoms with E-state index in [0.717, 1.165) is 17.4 Å². The van der Waals surface area contributed by atoms with Crippen LogP contribution in [0.1, 0.15) is 30.5 Å². The molecule has 0 unspecified atom stereocenters. The molecule has 2 rings (SSSR count). The smallest absolute Gasteiger partial charge is 0.333 e. The summed E-state index contributed by atoms with van der Waals surface area (Å²) in [5.41, 5.74) is 1.38. The number of urea groups is 1. The molecular weight excluding hydrogens is 332 g/mol. The third kappa shape index (κ3) is 4.15. The van der Waals surface area contributed by atoms with E-state index in [4.69, 9.17) is 4.42 Å². The highest BCUT2D eigenvalue weighted by Gasteiger charge is 2.26. The lowest BCUT2D eigenvalue weighted by Crippen LogP contribution is -2.34. The highest BCUT2D eigenvalue weighted by atomic mass is 32.2. The Morgan fingerprint density at radius 1 is 1.21 bits per heavy atom. The maximum Gasteiger partial charge on any atom is 0.333 e. The molecule has 0 aliphatic carbocycles. The third-order valence-corrected chi connectivity index (χ3v) is 4.60. The van der Waals surface area contributed by atoms with Crippen molar-refractivity contribution in [2.75, 3.05) is 5.32 Å². The molecule has 0 fully saturated rings. The molecule has 0 radical (unpaired) electrons. The van der Waals surface area contributed by atoms with Crippen LogP contribution in [0.5, 0.6) is 0 Å². The van der Waals surface area contributed by atoms with E-state index in [1.807, 2.05) is 17.7 Å². The highest BCUT2D eigenvalue weighted by molar-refractivity contribution is 7.89. The van der Waals surface area contributed by atoms with Crippen LogP contribution in [0.25, 0.3) is 0 Å². The monoisotopic (exact) mass is 352 g/mol. The summed E-state index contributed by atoms with van der Waals surface area (Å²) in [5.74, 6) is 0. The fourth-order valence-electron chi connectivity index (χ4n) is 2.05. The topological polar surface area (TPSA) is 109 Å². The summed E-state index contributed by atoms with van der Waals surface area (Å²) in [4.78, 5) is 11.9. The minimum absolute atomic E-state index is 0.290. The zero-order valence-corrected chi connectivity index (χ0v) is 14.7. The number of carbonyl (C=O) groups is 1. The SMILES string of the molecule is Cc1ccc(NC(=O)NS(=O)(=O)c2cc(C(C)(C)O)co2)c(C)c1. The molecule has 24 heavy (non-hydrogen) atoms. The zero-order valence-electron chi connectivity index (χ0n) is 13.9. The van der Waals surface area contributed by atoms with E-state index in [9.17, 15) is 18.3 Å². The number of amides is 2. The van der Waals surface area contributed by atoms with E-state index in [-0.39, 0.29) is 5.56 Å². The van der Waals surface area contributed by atoms with Crippen molar-refractivity contribution in [1.29, 1.82) is 0 Å². The van der Waals surface area contributed by atoms with Gasteiger partial charge >= 0.3 is 6.03 Å². The Morgan fingerprint density at radius 3 is 2.42 bits per heavy atom. The lowest BCUT2D eigenvalue weighted by Gasteiger charge is -2.13. The zero-order chi connectivity index (χ0) is 18.1. The fraction of sp³-hybridized carbons (Fsp3) is 0.312. The molecule has 0 atom stereocenters. The largest absolute Gasteiger partial charge is 0.451 e. The summed E-state index contributed by atoms with van der Waals surface area (Å²) >= 11 is 0. The Balaban J connectivity index is 2.14. The predicted molar refractivity (Wildman–Crippen MR) is 89.2 cm³/mol. The van der Waals surface area contributed by atoms with Crippen molar-refractivity contribution < 1.29 is 22.7 Å². The van der Waals surface area contributed by atoms with Gasteiger partial charge in [0.2, 0.25) is 5.09 Å². The Labute approximate surface area is 140 Å². The van der Waals surface area contributed by atoms with Gasteiger partial charge in [-0.05, 0) is 39.3 Å². The second kappa shape index (κ2) is 6.29. The van der Waals surface area contributed by atoms with Crippen LogP contribution >= 0.6 is 0 Å². The van der Waals surface area contributed by atoms with Gasteiger partial charge in [-0.1, -0.05) is 17.7 Å². The molecule has 2 amide bonds. The number of aryl methyl sites for hydroxylation is 2. The molecule has 0 aliphatic rings. The molecule has 0 spiro atoms. The fourth-order valence-corrected chi connectivity index (χ4v) is 2.90. The summed E-state index contributed by atoms with van der Waals surface area (Å²) in [6.45, 7) is 6.71. The molecule has 130 valence electrons. The minimum Gasteiger partial charge on any atom is -0.451 e. The van der Waals surface area contributed by atoms with Crippen LogP contribution in [-0.4, -0.2) is 19.6 Å². The molecule has 1 aromatic heterocycles. The number of sulfonamides is 1. The van der Waals surface area contributed by atoms with Gasteiger partial charge in [0.05, 0.1) is 11.9 Å². The average molecular weight is 352 g/mol. The lowest BCUT2D eigenvalue weighted by molar-refractivity contribution is 0.0779. The van der Waals surface area contributed by atoms with Gasteiger partial charge in [-0.15, -0.1) is 0 Å². The van der Waals surface area contributed by atoms with Gasteiger partial charge in [0.15, 0.2) is 0 Å². The Kier molecular flexibility index (Phi) is 4.73. The van der Waals surface area contributed by atoms with Crippen molar-refractivity contribution in [3.8, 4) is 0 Å². The van der Waals surface area contributed by atoms with E-state index in [2.05, 4.69) is 5.32 Å². The molecule has 7 nitrogen and oxygen atoms in total. The van der Waals surface area contributed by atoms with Crippen molar-refractivity contribution in [3.05, 3.63) is 47.2 Å². The second-order valence-electron chi connectivity index (χ2n) is 6.09. The number of benzene rings is 1. The van der Waals surface area contributed by atoms with Crippen molar-refractivity contribution in [2.45, 2.75) is 38.4 Å². The van der Waals surface area contributed by atoms with Gasteiger partial charge in [-0.25, -0.2) is 9.52 Å². The molecule has 0 saturated heterocycles. The second-order valence-corrected chi connectivity index (χ2v) is 7.70. The van der Waals surface area contributed by atoms with Gasteiger partial charge < -0.3 is 14.8 Å². The molecular formula is C16H20N2O5S. The van der Waals surface area contributed by atoms with Crippen LogP contribution < -0.4 is 10.0 Å². The van der Waals surface area contributed by atoms with E-state index in [1.165, 1.54) is 19.9 Å². The van der Waals surface area contributed by atoms with E-state index in [1.54, 1.807) is 19.1 Å². The van der Waals surface area contributed by atoms with E-state index >= 15 is 0 Å². The highest BCUT2D eigenvalue weighted by Crippen LogP contribution is 2.24. The van der Waals surface area contributed by atoms with Crippen molar-refractivity contribution in [2.24, 2.45) is 0 Å². The lowest BCUT2D eigenvalue weighted by atomic mass is 10.0. The van der Waals surface area contributed by atoms with Crippen LogP contribution in [0.4, 0.5) is 10.5 Å². The van der Waals surface area contributed by atoms with E-state index < -0.39 is 26.7 Å². The maximum absolute atomic E-state index is 12.2. The standard InChI is InChI=1S/C16H20N2O5S/c1-10-5-6-13(11(2)7-10)17-15(19)18-24(21,22)14-8-12(9-23-14)16(3,4)20/h5-9,20H,1-4H3,(H2,17,18,19). The van der Waals surface area contributed by atoms with Crippen molar-refractivity contribution in [1.82, 2.24) is 4.72 Å². The first-order chi connectivity index (χ1) is 11.0. The molecule has 3 N–H and O–H groups in total. The first-order valence-electron chi connectivity index (χ1n) is 7.21. The number of hydrogen-bond acceptors (Lipinski definition) is 5. The molecule has 1 aromatic carbocycles. The molecule has 8 heteroatoms. The summed E-state index contributed by atoms with van der Waals surface area (Å²) < 4.78 is 31.2. The van der Waals surface area contributed by atoms with Gasteiger partial charge in [-0.3, -0.25) is 0 Å². The molecule has 1 heterocycles. The number of furan rings is 1. The van der Waals surface area contributed by atoms with Crippen LogP contribution in [-0.2, 0) is 15.6 Å². The van der Waals surface area contributed by atoms with Crippen molar-refractivity contribution in [3.63, 3.8) is 0 Å². The van der Waals surface area contributed by atoms with Gasteiger partial charge in [0.1, 0.15) is 0 Å². The molecule has 0 aliphatic heterocycles. The average Bonchev–Trinajstić information content (AvgIpc) is 2.92.